The van der Waals surface area contributed by atoms with Crippen LogP contribution >= 0.6 is 11.3 Å². The van der Waals surface area contributed by atoms with E-state index in [0.717, 1.165) is 37.5 Å². The number of hydrogen-bond donors (Lipinski definition) is 2. The quantitative estimate of drug-likeness (QED) is 0.267. The Balaban J connectivity index is 0.00000129. The van der Waals surface area contributed by atoms with Gasteiger partial charge in [-0.25, -0.2) is 0 Å². The summed E-state index contributed by atoms with van der Waals surface area (Å²) < 4.78 is 5.78. The first-order valence-electron chi connectivity index (χ1n) is 11.5. The number of rotatable bonds is 12. The minimum Gasteiger partial charge on any atom is -0.491 e. The average molecular weight is 473 g/mol. The van der Waals surface area contributed by atoms with Crippen molar-refractivity contribution < 1.29 is 9.84 Å². The standard InChI is InChI=1S/C21H30N2O2S.C5H12.C2H2/c1-3-5-11-23(10-4-2)15-18-7-6-8-21(13-18)25-16-20(24)14-22-19-9-12-26-17-19;1-5(2,3)4;1-2/h3,5-9,12-13,17,20,22,24H,4,10-11,14-16H2,1-2H3;1-4H3;1-2H/b5-3+;;. The Hall–Kier alpha value is -2.26. The van der Waals surface area contributed by atoms with Crippen LogP contribution in [0.3, 0.4) is 0 Å². The first-order valence-corrected chi connectivity index (χ1v) is 12.5. The van der Waals surface area contributed by atoms with Crippen molar-refractivity contribution in [3.63, 3.8) is 0 Å². The Morgan fingerprint density at radius 3 is 2.48 bits per heavy atom. The maximum Gasteiger partial charge on any atom is 0.119 e. The van der Waals surface area contributed by atoms with Gasteiger partial charge in [-0.15, -0.1) is 12.8 Å². The highest BCUT2D eigenvalue weighted by molar-refractivity contribution is 7.08. The van der Waals surface area contributed by atoms with Crippen LogP contribution in [0, 0.1) is 18.3 Å². The first kappa shape index (κ1) is 30.7. The van der Waals surface area contributed by atoms with Gasteiger partial charge in [0.1, 0.15) is 18.5 Å². The third kappa shape index (κ3) is 17.9. The maximum atomic E-state index is 10.1. The highest BCUT2D eigenvalue weighted by atomic mass is 32.1. The molecule has 0 fully saturated rings. The lowest BCUT2D eigenvalue weighted by Crippen LogP contribution is -2.26. The molecule has 33 heavy (non-hydrogen) atoms. The zero-order valence-electron chi connectivity index (χ0n) is 21.4. The van der Waals surface area contributed by atoms with Crippen molar-refractivity contribution in [1.82, 2.24) is 4.90 Å². The van der Waals surface area contributed by atoms with Gasteiger partial charge in [0.25, 0.3) is 0 Å². The largest absolute Gasteiger partial charge is 0.491 e. The van der Waals surface area contributed by atoms with Gasteiger partial charge < -0.3 is 15.2 Å². The van der Waals surface area contributed by atoms with Gasteiger partial charge >= 0.3 is 0 Å². The summed E-state index contributed by atoms with van der Waals surface area (Å²) in [4.78, 5) is 2.42. The fraction of sp³-hybridized carbons (Fsp3) is 0.500. The van der Waals surface area contributed by atoms with Crippen molar-refractivity contribution in [3.05, 3.63) is 58.8 Å². The maximum absolute atomic E-state index is 10.1. The summed E-state index contributed by atoms with van der Waals surface area (Å²) in [6.07, 6.45) is 12.9. The minimum atomic E-state index is -0.551. The highest BCUT2D eigenvalue weighted by Crippen LogP contribution is 2.16. The van der Waals surface area contributed by atoms with E-state index in [4.69, 9.17) is 4.74 Å². The number of benzene rings is 1. The van der Waals surface area contributed by atoms with Crippen LogP contribution in [0.5, 0.6) is 5.75 Å². The zero-order chi connectivity index (χ0) is 25.1. The molecule has 0 saturated carbocycles. The number of allylic oxidation sites excluding steroid dienone is 1. The summed E-state index contributed by atoms with van der Waals surface area (Å²) in [7, 11) is 0. The molecule has 0 bridgehead atoms. The Morgan fingerprint density at radius 2 is 1.91 bits per heavy atom. The summed E-state index contributed by atoms with van der Waals surface area (Å²) in [5.74, 6) is 0.805. The fourth-order valence-electron chi connectivity index (χ4n) is 2.65. The molecule has 1 aromatic carbocycles. The van der Waals surface area contributed by atoms with Gasteiger partial charge in [0.2, 0.25) is 0 Å². The summed E-state index contributed by atoms with van der Waals surface area (Å²) >= 11 is 1.63. The Kier molecular flexibility index (Phi) is 17.0. The molecule has 1 heterocycles. The number of aliphatic hydroxyl groups excluding tert-OH is 1. The lowest BCUT2D eigenvalue weighted by Gasteiger charge is -2.20. The van der Waals surface area contributed by atoms with E-state index in [0.29, 0.717) is 12.0 Å². The molecule has 0 aliphatic heterocycles. The molecule has 0 aliphatic rings. The number of anilines is 1. The lowest BCUT2D eigenvalue weighted by atomic mass is 10.0. The first-order chi connectivity index (χ1) is 15.7. The molecule has 4 nitrogen and oxygen atoms in total. The average Bonchev–Trinajstić information content (AvgIpc) is 3.29. The van der Waals surface area contributed by atoms with Crippen molar-refractivity contribution in [2.75, 3.05) is 31.6 Å². The Labute approximate surface area is 206 Å². The van der Waals surface area contributed by atoms with E-state index < -0.39 is 6.10 Å². The molecule has 184 valence electrons. The summed E-state index contributed by atoms with van der Waals surface area (Å²) in [6.45, 7) is 16.7. The topological polar surface area (TPSA) is 44.7 Å². The second kappa shape index (κ2) is 18.2. The van der Waals surface area contributed by atoms with E-state index in [9.17, 15) is 5.11 Å². The van der Waals surface area contributed by atoms with Crippen LogP contribution in [-0.2, 0) is 6.54 Å². The molecule has 1 unspecified atom stereocenters. The predicted molar refractivity (Wildman–Crippen MR) is 146 cm³/mol. The summed E-state index contributed by atoms with van der Waals surface area (Å²) in [5, 5.41) is 17.3. The van der Waals surface area contributed by atoms with Crippen LogP contribution in [0.25, 0.3) is 0 Å². The highest BCUT2D eigenvalue weighted by Gasteiger charge is 2.08. The monoisotopic (exact) mass is 472 g/mol. The predicted octanol–water partition coefficient (Wildman–Crippen LogP) is 6.69. The number of ether oxygens (including phenoxy) is 1. The van der Waals surface area contributed by atoms with Gasteiger partial charge in [-0.05, 0) is 54.4 Å². The van der Waals surface area contributed by atoms with Gasteiger partial charge in [0.15, 0.2) is 0 Å². The van der Waals surface area contributed by atoms with Crippen LogP contribution in [-0.4, -0.2) is 42.4 Å². The fourth-order valence-corrected chi connectivity index (χ4v) is 3.26. The molecular weight excluding hydrogens is 428 g/mol. The van der Waals surface area contributed by atoms with Crippen molar-refractivity contribution in [3.8, 4) is 18.6 Å². The molecular formula is C28H44N2O2S. The van der Waals surface area contributed by atoms with Gasteiger partial charge in [0.05, 0.1) is 0 Å². The molecule has 2 N–H and O–H groups in total. The van der Waals surface area contributed by atoms with Crippen LogP contribution in [0.2, 0.25) is 0 Å². The van der Waals surface area contributed by atoms with E-state index in [1.807, 2.05) is 29.0 Å². The Bertz CT molecular complexity index is 758. The number of nitrogens with zero attached hydrogens (tertiary/aromatic N) is 1. The zero-order valence-corrected chi connectivity index (χ0v) is 22.2. The van der Waals surface area contributed by atoms with Gasteiger partial charge in [0, 0.05) is 30.7 Å². The van der Waals surface area contributed by atoms with Gasteiger partial charge in [-0.1, -0.05) is 58.9 Å². The van der Waals surface area contributed by atoms with E-state index in [-0.39, 0.29) is 6.61 Å². The Morgan fingerprint density at radius 1 is 1.21 bits per heavy atom. The number of hydrogen-bond acceptors (Lipinski definition) is 5. The molecule has 1 aromatic heterocycles. The van der Waals surface area contributed by atoms with Crippen LogP contribution in [0.1, 0.15) is 53.5 Å². The molecule has 0 spiro atoms. The van der Waals surface area contributed by atoms with E-state index in [2.05, 4.69) is 88.9 Å². The van der Waals surface area contributed by atoms with Crippen molar-refractivity contribution in [1.29, 1.82) is 0 Å². The van der Waals surface area contributed by atoms with Crippen LogP contribution < -0.4 is 10.1 Å². The molecule has 0 amide bonds. The minimum absolute atomic E-state index is 0.276. The SMILES string of the molecule is C#C.C/C=C/CN(CCC)Cc1cccc(OCC(O)CNc2ccsc2)c1.CC(C)(C)C. The molecule has 0 radical (unpaired) electrons. The van der Waals surface area contributed by atoms with Gasteiger partial charge in [-0.2, -0.15) is 11.3 Å². The number of thiophene rings is 1. The second-order valence-electron chi connectivity index (χ2n) is 9.31. The van der Waals surface area contributed by atoms with Crippen molar-refractivity contribution >= 4 is 17.0 Å². The van der Waals surface area contributed by atoms with Crippen molar-refractivity contribution in [2.45, 2.75) is 60.6 Å². The summed E-state index contributed by atoms with van der Waals surface area (Å²) in [5.41, 5.74) is 2.76. The normalized spacial score (nSPS) is 11.8. The molecule has 0 saturated heterocycles. The second-order valence-corrected chi connectivity index (χ2v) is 10.1. The molecule has 5 heteroatoms. The van der Waals surface area contributed by atoms with E-state index in [1.165, 1.54) is 5.56 Å². The van der Waals surface area contributed by atoms with E-state index >= 15 is 0 Å². The lowest BCUT2D eigenvalue weighted by molar-refractivity contribution is 0.117. The molecule has 2 rings (SSSR count). The third-order valence-corrected chi connectivity index (χ3v) is 4.63. The number of nitrogens with one attached hydrogen (secondary N) is 1. The number of terminal acetylenes is 1. The van der Waals surface area contributed by atoms with Crippen LogP contribution in [0.4, 0.5) is 5.69 Å². The smallest absolute Gasteiger partial charge is 0.119 e. The molecule has 0 aliphatic carbocycles. The molecule has 2 aromatic rings. The van der Waals surface area contributed by atoms with Crippen LogP contribution in [0.15, 0.2) is 53.2 Å². The summed E-state index contributed by atoms with van der Waals surface area (Å²) in [6, 6.07) is 10.1. The van der Waals surface area contributed by atoms with E-state index in [1.54, 1.807) is 11.3 Å². The van der Waals surface area contributed by atoms with Gasteiger partial charge in [-0.3, -0.25) is 4.90 Å². The number of aliphatic hydroxyl groups is 1. The third-order valence-electron chi connectivity index (χ3n) is 3.95. The molecule has 1 atom stereocenters. The van der Waals surface area contributed by atoms with Crippen molar-refractivity contribution in [2.24, 2.45) is 5.41 Å².